The Morgan fingerprint density at radius 1 is 1.38 bits per heavy atom. The third-order valence-electron chi connectivity index (χ3n) is 4.11. The van der Waals surface area contributed by atoms with Crippen LogP contribution in [0.2, 0.25) is 0 Å². The topological polar surface area (TPSA) is 87.6 Å². The van der Waals surface area contributed by atoms with Crippen LogP contribution in [0, 0.1) is 6.92 Å². The van der Waals surface area contributed by atoms with Gasteiger partial charge >= 0.3 is 6.03 Å². The lowest BCUT2D eigenvalue weighted by Gasteiger charge is -2.14. The number of amides is 2. The van der Waals surface area contributed by atoms with Crippen molar-refractivity contribution < 1.29 is 4.79 Å². The Hall–Kier alpha value is -2.31. The number of H-pyrrole nitrogens is 1. The first kappa shape index (κ1) is 18.0. The lowest BCUT2D eigenvalue weighted by atomic mass is 10.1. The first-order chi connectivity index (χ1) is 11.4. The van der Waals surface area contributed by atoms with Crippen molar-refractivity contribution >= 4 is 6.03 Å². The second kappa shape index (κ2) is 7.99. The first-order valence-corrected chi connectivity index (χ1v) is 8.53. The zero-order chi connectivity index (χ0) is 17.7. The van der Waals surface area contributed by atoms with Crippen LogP contribution in [0.1, 0.15) is 49.1 Å². The van der Waals surface area contributed by atoms with Crippen LogP contribution in [0.25, 0.3) is 0 Å². The lowest BCUT2D eigenvalue weighted by molar-refractivity contribution is 0.237. The Morgan fingerprint density at radius 3 is 2.71 bits per heavy atom. The number of nitrogens with zero attached hydrogens (tertiary/aromatic N) is 3. The maximum atomic E-state index is 12.2. The second-order valence-corrected chi connectivity index (χ2v) is 6.18. The predicted octanol–water partition coefficient (Wildman–Crippen LogP) is 2.01. The summed E-state index contributed by atoms with van der Waals surface area (Å²) in [5, 5.41) is 17.6. The van der Waals surface area contributed by atoms with Gasteiger partial charge in [-0.1, -0.05) is 13.8 Å². The number of nitrogens with one attached hydrogen (secondary N) is 3. The van der Waals surface area contributed by atoms with E-state index >= 15 is 0 Å². The van der Waals surface area contributed by atoms with Crippen LogP contribution in [0.15, 0.2) is 6.07 Å². The van der Waals surface area contributed by atoms with Crippen molar-refractivity contribution in [3.63, 3.8) is 0 Å². The van der Waals surface area contributed by atoms with Crippen LogP contribution in [0.5, 0.6) is 0 Å². The van der Waals surface area contributed by atoms with Gasteiger partial charge in [0.1, 0.15) is 0 Å². The molecule has 0 saturated carbocycles. The van der Waals surface area contributed by atoms with Crippen molar-refractivity contribution in [2.45, 2.75) is 59.5 Å². The number of carbonyl (C=O) groups excluding carboxylic acids is 1. The van der Waals surface area contributed by atoms with E-state index in [1.807, 2.05) is 31.6 Å². The summed E-state index contributed by atoms with van der Waals surface area (Å²) in [7, 11) is 1.95. The Morgan fingerprint density at radius 2 is 2.12 bits per heavy atom. The van der Waals surface area contributed by atoms with Gasteiger partial charge in [0.15, 0.2) is 0 Å². The van der Waals surface area contributed by atoms with E-state index in [0.29, 0.717) is 13.0 Å². The maximum absolute atomic E-state index is 12.2. The highest BCUT2D eigenvalue weighted by molar-refractivity contribution is 5.74. The van der Waals surface area contributed by atoms with E-state index in [1.165, 1.54) is 5.69 Å². The zero-order valence-electron chi connectivity index (χ0n) is 15.2. The smallest absolute Gasteiger partial charge is 0.315 e. The standard InChI is InChI=1S/C17H28N6O/c1-6-15-14(16(7-2)23(5)22-15)10-18-17(24)19-11(3)8-13-9-12(4)20-21-13/h9,11H,6-8,10H2,1-5H3,(H,20,21)(H2,18,19,24). The van der Waals surface area contributed by atoms with Crippen LogP contribution >= 0.6 is 0 Å². The van der Waals surface area contributed by atoms with Gasteiger partial charge in [-0.2, -0.15) is 10.2 Å². The number of aryl methyl sites for hydroxylation is 3. The minimum atomic E-state index is -0.164. The Balaban J connectivity index is 1.89. The number of urea groups is 1. The molecule has 0 radical (unpaired) electrons. The number of aromatic nitrogens is 4. The van der Waals surface area contributed by atoms with Gasteiger partial charge < -0.3 is 10.6 Å². The summed E-state index contributed by atoms with van der Waals surface area (Å²) < 4.78 is 1.91. The highest BCUT2D eigenvalue weighted by atomic mass is 16.2. The molecule has 2 aromatic rings. The van der Waals surface area contributed by atoms with E-state index in [4.69, 9.17) is 0 Å². The molecule has 2 rings (SSSR count). The van der Waals surface area contributed by atoms with Crippen molar-refractivity contribution in [2.75, 3.05) is 0 Å². The van der Waals surface area contributed by atoms with Crippen molar-refractivity contribution in [3.8, 4) is 0 Å². The number of rotatable bonds is 7. The molecule has 0 aliphatic carbocycles. The van der Waals surface area contributed by atoms with Crippen molar-refractivity contribution in [2.24, 2.45) is 7.05 Å². The molecule has 0 bridgehead atoms. The maximum Gasteiger partial charge on any atom is 0.315 e. The molecule has 132 valence electrons. The number of hydrogen-bond donors (Lipinski definition) is 3. The SMILES string of the molecule is CCc1nn(C)c(CC)c1CNC(=O)NC(C)Cc1cc(C)[nH]n1. The third-order valence-corrected chi connectivity index (χ3v) is 4.11. The fraction of sp³-hybridized carbons (Fsp3) is 0.588. The van der Waals surface area contributed by atoms with Gasteiger partial charge in [-0.15, -0.1) is 0 Å². The van der Waals surface area contributed by atoms with Gasteiger partial charge in [0, 0.05) is 43.0 Å². The van der Waals surface area contributed by atoms with E-state index in [2.05, 4.69) is 39.8 Å². The third kappa shape index (κ3) is 4.37. The van der Waals surface area contributed by atoms with Crippen molar-refractivity contribution in [1.29, 1.82) is 0 Å². The molecule has 7 nitrogen and oxygen atoms in total. The average molecular weight is 332 g/mol. The van der Waals surface area contributed by atoms with Gasteiger partial charge in [-0.3, -0.25) is 9.78 Å². The fourth-order valence-electron chi connectivity index (χ4n) is 2.98. The summed E-state index contributed by atoms with van der Waals surface area (Å²) in [6.07, 6.45) is 2.46. The molecule has 24 heavy (non-hydrogen) atoms. The number of aromatic amines is 1. The molecule has 2 aromatic heterocycles. The average Bonchev–Trinajstić information content (AvgIpc) is 3.07. The molecular formula is C17H28N6O. The Bertz CT molecular complexity index is 687. The molecule has 2 heterocycles. The van der Waals surface area contributed by atoms with Gasteiger partial charge in [-0.25, -0.2) is 4.79 Å². The molecule has 1 unspecified atom stereocenters. The highest BCUT2D eigenvalue weighted by Gasteiger charge is 2.15. The second-order valence-electron chi connectivity index (χ2n) is 6.18. The Kier molecular flexibility index (Phi) is 6.00. The number of carbonyl (C=O) groups is 1. The quantitative estimate of drug-likeness (QED) is 0.725. The summed E-state index contributed by atoms with van der Waals surface area (Å²) in [6.45, 7) is 8.63. The molecule has 0 saturated heterocycles. The van der Waals surface area contributed by atoms with Crippen molar-refractivity contribution in [1.82, 2.24) is 30.6 Å². The molecular weight excluding hydrogens is 304 g/mol. The van der Waals surface area contributed by atoms with Crippen LogP contribution in [0.3, 0.4) is 0 Å². The van der Waals surface area contributed by atoms with Crippen LogP contribution in [0.4, 0.5) is 4.79 Å². The van der Waals surface area contributed by atoms with E-state index in [9.17, 15) is 4.79 Å². The van der Waals surface area contributed by atoms with Gasteiger partial charge in [0.05, 0.1) is 11.4 Å². The fourth-order valence-corrected chi connectivity index (χ4v) is 2.98. The molecule has 0 aliphatic heterocycles. The molecule has 1 atom stereocenters. The molecule has 0 spiro atoms. The summed E-state index contributed by atoms with van der Waals surface area (Å²) in [6, 6.07) is 1.84. The monoisotopic (exact) mass is 332 g/mol. The molecule has 3 N–H and O–H groups in total. The molecule has 2 amide bonds. The Labute approximate surface area is 143 Å². The lowest BCUT2D eigenvalue weighted by Crippen LogP contribution is -2.41. The van der Waals surface area contributed by atoms with Gasteiger partial charge in [-0.05, 0) is 32.8 Å². The summed E-state index contributed by atoms with van der Waals surface area (Å²) in [4.78, 5) is 12.2. The van der Waals surface area contributed by atoms with Crippen LogP contribution < -0.4 is 10.6 Å². The van der Waals surface area contributed by atoms with Crippen LogP contribution in [-0.4, -0.2) is 32.1 Å². The molecule has 7 heteroatoms. The predicted molar refractivity (Wildman–Crippen MR) is 93.8 cm³/mol. The van der Waals surface area contributed by atoms with Crippen LogP contribution in [-0.2, 0) is 32.9 Å². The van der Waals surface area contributed by atoms with E-state index in [0.717, 1.165) is 35.5 Å². The van der Waals surface area contributed by atoms with E-state index in [1.54, 1.807) is 0 Å². The summed E-state index contributed by atoms with van der Waals surface area (Å²) in [5.41, 5.74) is 5.33. The summed E-state index contributed by atoms with van der Waals surface area (Å²) in [5.74, 6) is 0. The largest absolute Gasteiger partial charge is 0.335 e. The highest BCUT2D eigenvalue weighted by Crippen LogP contribution is 2.15. The van der Waals surface area contributed by atoms with E-state index in [-0.39, 0.29) is 12.1 Å². The van der Waals surface area contributed by atoms with E-state index < -0.39 is 0 Å². The zero-order valence-corrected chi connectivity index (χ0v) is 15.2. The minimum Gasteiger partial charge on any atom is -0.335 e. The molecule has 0 fully saturated rings. The molecule has 0 aliphatic rings. The minimum absolute atomic E-state index is 0.0119. The van der Waals surface area contributed by atoms with Gasteiger partial charge in [0.25, 0.3) is 0 Å². The van der Waals surface area contributed by atoms with Gasteiger partial charge in [0.2, 0.25) is 0 Å². The van der Waals surface area contributed by atoms with Crippen molar-refractivity contribution in [3.05, 3.63) is 34.4 Å². The first-order valence-electron chi connectivity index (χ1n) is 8.53. The number of hydrogen-bond acceptors (Lipinski definition) is 3. The normalized spacial score (nSPS) is 12.2. The summed E-state index contributed by atoms with van der Waals surface area (Å²) >= 11 is 0. The molecule has 0 aromatic carbocycles.